The van der Waals surface area contributed by atoms with Gasteiger partial charge in [0.05, 0.1) is 5.69 Å². The molecule has 0 saturated carbocycles. The lowest BCUT2D eigenvalue weighted by Crippen LogP contribution is -2.25. The number of H-pyrrole nitrogens is 1. The van der Waals surface area contributed by atoms with Crippen LogP contribution in [0.4, 0.5) is 4.39 Å². The molecule has 1 heterocycles. The smallest absolute Gasteiger partial charge is 0.306 e. The molecule has 1 N–H and O–H groups in total. The van der Waals surface area contributed by atoms with Gasteiger partial charge < -0.3 is 9.72 Å². The molecule has 0 unspecified atom stereocenters. The number of carbonyl (C=O) groups is 3. The fourth-order valence-electron chi connectivity index (χ4n) is 2.93. The van der Waals surface area contributed by atoms with Gasteiger partial charge in [0.15, 0.2) is 11.9 Å². The zero-order valence-corrected chi connectivity index (χ0v) is 15.3. The predicted octanol–water partition coefficient (Wildman–Crippen LogP) is 3.72. The first-order valence-corrected chi connectivity index (χ1v) is 8.39. The van der Waals surface area contributed by atoms with E-state index in [-0.39, 0.29) is 29.5 Å². The van der Waals surface area contributed by atoms with Crippen molar-refractivity contribution < 1.29 is 23.5 Å². The van der Waals surface area contributed by atoms with Crippen molar-refractivity contribution in [1.82, 2.24) is 4.98 Å². The summed E-state index contributed by atoms with van der Waals surface area (Å²) in [6.07, 6.45) is -0.480. The van der Waals surface area contributed by atoms with Crippen LogP contribution in [0.1, 0.15) is 57.9 Å². The number of aryl methyl sites for hydroxylation is 2. The monoisotopic (exact) mass is 359 g/mol. The van der Waals surface area contributed by atoms with Crippen molar-refractivity contribution in [2.24, 2.45) is 0 Å². The normalized spacial score (nSPS) is 11.9. The Balaban J connectivity index is 1.98. The topological polar surface area (TPSA) is 76.2 Å². The highest BCUT2D eigenvalue weighted by Crippen LogP contribution is 2.20. The Morgan fingerprint density at radius 1 is 1.15 bits per heavy atom. The number of nitrogens with one attached hydrogen (secondary N) is 1. The van der Waals surface area contributed by atoms with Gasteiger partial charge in [-0.2, -0.15) is 0 Å². The third-order valence-corrected chi connectivity index (χ3v) is 4.24. The van der Waals surface area contributed by atoms with E-state index in [0.29, 0.717) is 23.2 Å². The number of halogens is 1. The Morgan fingerprint density at radius 3 is 2.31 bits per heavy atom. The summed E-state index contributed by atoms with van der Waals surface area (Å²) in [6.45, 7) is 6.36. The number of hydrogen-bond donors (Lipinski definition) is 1. The standard InChI is InChI=1S/C20H22FNO4/c1-11-18(13(3)23)12(2)22-19(11)20(25)14(4)26-17(24)10-7-15-5-8-16(21)9-6-15/h5-6,8-9,14,22H,7,10H2,1-4H3/t14-/m1/s1. The van der Waals surface area contributed by atoms with Crippen LogP contribution in [0.2, 0.25) is 0 Å². The van der Waals surface area contributed by atoms with Gasteiger partial charge in [-0.1, -0.05) is 12.1 Å². The van der Waals surface area contributed by atoms with Crippen LogP contribution in [-0.4, -0.2) is 28.6 Å². The first-order valence-electron chi connectivity index (χ1n) is 8.39. The van der Waals surface area contributed by atoms with Crippen LogP contribution in [0.25, 0.3) is 0 Å². The molecule has 0 spiro atoms. The summed E-state index contributed by atoms with van der Waals surface area (Å²) in [5.74, 6) is -1.35. The van der Waals surface area contributed by atoms with E-state index in [4.69, 9.17) is 4.74 Å². The molecular formula is C20H22FNO4. The molecule has 5 nitrogen and oxygen atoms in total. The number of benzene rings is 1. The lowest BCUT2D eigenvalue weighted by atomic mass is 10.0. The van der Waals surface area contributed by atoms with Gasteiger partial charge in [-0.25, -0.2) is 4.39 Å². The second-order valence-corrected chi connectivity index (χ2v) is 6.30. The molecule has 0 saturated heterocycles. The maximum absolute atomic E-state index is 12.9. The van der Waals surface area contributed by atoms with Gasteiger partial charge in [0, 0.05) is 17.7 Å². The molecule has 138 valence electrons. The van der Waals surface area contributed by atoms with Crippen LogP contribution in [0.5, 0.6) is 0 Å². The third-order valence-electron chi connectivity index (χ3n) is 4.24. The summed E-state index contributed by atoms with van der Waals surface area (Å²) in [5.41, 5.74) is 2.77. The number of aromatic amines is 1. The summed E-state index contributed by atoms with van der Waals surface area (Å²) in [4.78, 5) is 39.1. The number of hydrogen-bond acceptors (Lipinski definition) is 4. The van der Waals surface area contributed by atoms with Crippen molar-refractivity contribution in [3.05, 3.63) is 58.2 Å². The molecule has 2 aromatic rings. The summed E-state index contributed by atoms with van der Waals surface area (Å²) < 4.78 is 18.1. The molecular weight excluding hydrogens is 337 g/mol. The summed E-state index contributed by atoms with van der Waals surface area (Å²) >= 11 is 0. The number of carbonyl (C=O) groups excluding carboxylic acids is 3. The fourth-order valence-corrected chi connectivity index (χ4v) is 2.93. The van der Waals surface area contributed by atoms with E-state index in [9.17, 15) is 18.8 Å². The van der Waals surface area contributed by atoms with Gasteiger partial charge >= 0.3 is 5.97 Å². The molecule has 0 aliphatic rings. The number of ether oxygens (including phenoxy) is 1. The number of rotatable bonds is 7. The third kappa shape index (κ3) is 4.45. The molecule has 1 atom stereocenters. The second kappa shape index (κ2) is 8.08. The van der Waals surface area contributed by atoms with Gasteiger partial charge in [-0.05, 0) is 57.4 Å². The maximum atomic E-state index is 12.9. The molecule has 0 fully saturated rings. The van der Waals surface area contributed by atoms with E-state index in [1.807, 2.05) is 0 Å². The van der Waals surface area contributed by atoms with Crippen molar-refractivity contribution in [2.45, 2.75) is 46.6 Å². The summed E-state index contributed by atoms with van der Waals surface area (Å²) in [5, 5.41) is 0. The molecule has 2 rings (SSSR count). The molecule has 1 aromatic carbocycles. The molecule has 0 amide bonds. The van der Waals surface area contributed by atoms with E-state index >= 15 is 0 Å². The first-order chi connectivity index (χ1) is 12.2. The highest BCUT2D eigenvalue weighted by atomic mass is 19.1. The van der Waals surface area contributed by atoms with Crippen LogP contribution in [0, 0.1) is 19.7 Å². The highest BCUT2D eigenvalue weighted by Gasteiger charge is 2.25. The molecule has 0 bridgehead atoms. The quantitative estimate of drug-likeness (QED) is 0.604. The van der Waals surface area contributed by atoms with Gasteiger partial charge in [-0.3, -0.25) is 14.4 Å². The van der Waals surface area contributed by atoms with Crippen molar-refractivity contribution in [3.63, 3.8) is 0 Å². The van der Waals surface area contributed by atoms with Crippen molar-refractivity contribution >= 4 is 17.5 Å². The van der Waals surface area contributed by atoms with Crippen LogP contribution >= 0.6 is 0 Å². The average molecular weight is 359 g/mol. The average Bonchev–Trinajstić information content (AvgIpc) is 2.88. The van der Waals surface area contributed by atoms with Gasteiger partial charge in [0.2, 0.25) is 5.78 Å². The van der Waals surface area contributed by atoms with Crippen molar-refractivity contribution in [3.8, 4) is 0 Å². The number of esters is 1. The van der Waals surface area contributed by atoms with Crippen molar-refractivity contribution in [2.75, 3.05) is 0 Å². The van der Waals surface area contributed by atoms with Crippen LogP contribution in [-0.2, 0) is 16.0 Å². The van der Waals surface area contributed by atoms with Crippen LogP contribution in [0.15, 0.2) is 24.3 Å². The number of Topliss-reactive ketones (excluding diaryl/α,β-unsaturated/α-hetero) is 2. The first kappa shape index (κ1) is 19.6. The van der Waals surface area contributed by atoms with Gasteiger partial charge in [0.1, 0.15) is 5.82 Å². The van der Waals surface area contributed by atoms with E-state index in [0.717, 1.165) is 5.56 Å². The number of ketones is 2. The maximum Gasteiger partial charge on any atom is 0.306 e. The van der Waals surface area contributed by atoms with E-state index in [2.05, 4.69) is 4.98 Å². The molecule has 0 aliphatic heterocycles. The molecule has 0 aliphatic carbocycles. The van der Waals surface area contributed by atoms with E-state index < -0.39 is 12.1 Å². The summed E-state index contributed by atoms with van der Waals surface area (Å²) in [7, 11) is 0. The lowest BCUT2D eigenvalue weighted by molar-refractivity contribution is -0.146. The van der Waals surface area contributed by atoms with E-state index in [1.165, 1.54) is 26.0 Å². The minimum absolute atomic E-state index is 0.0880. The Bertz CT molecular complexity index is 836. The van der Waals surface area contributed by atoms with Gasteiger partial charge in [-0.15, -0.1) is 0 Å². The van der Waals surface area contributed by atoms with Gasteiger partial charge in [0.25, 0.3) is 0 Å². The zero-order valence-electron chi connectivity index (χ0n) is 15.3. The fraction of sp³-hybridized carbons (Fsp3) is 0.350. The highest BCUT2D eigenvalue weighted by molar-refractivity contribution is 6.05. The predicted molar refractivity (Wildman–Crippen MR) is 94.9 cm³/mol. The van der Waals surface area contributed by atoms with E-state index in [1.54, 1.807) is 26.0 Å². The van der Waals surface area contributed by atoms with Crippen LogP contribution in [0.3, 0.4) is 0 Å². The molecule has 1 aromatic heterocycles. The minimum atomic E-state index is -0.965. The Labute approximate surface area is 151 Å². The zero-order chi connectivity index (χ0) is 19.4. The minimum Gasteiger partial charge on any atom is -0.454 e. The summed E-state index contributed by atoms with van der Waals surface area (Å²) in [6, 6.07) is 5.86. The van der Waals surface area contributed by atoms with Crippen LogP contribution < -0.4 is 0 Å². The Hall–Kier alpha value is -2.76. The Morgan fingerprint density at radius 2 is 1.77 bits per heavy atom. The van der Waals surface area contributed by atoms with Crippen molar-refractivity contribution in [1.29, 1.82) is 0 Å². The molecule has 26 heavy (non-hydrogen) atoms. The largest absolute Gasteiger partial charge is 0.454 e. The second-order valence-electron chi connectivity index (χ2n) is 6.30. The lowest BCUT2D eigenvalue weighted by Gasteiger charge is -2.12. The number of aromatic nitrogens is 1. The molecule has 0 radical (unpaired) electrons. The molecule has 6 heteroatoms. The SMILES string of the molecule is CC(=O)c1c(C)[nH]c(C(=O)[C@@H](C)OC(=O)CCc2ccc(F)cc2)c1C. The Kier molecular flexibility index (Phi) is 6.08.